The molecular formula is C17H16N2OS. The van der Waals surface area contributed by atoms with Gasteiger partial charge in [-0.1, -0.05) is 30.3 Å². The van der Waals surface area contributed by atoms with Gasteiger partial charge in [0.1, 0.15) is 10.8 Å². The van der Waals surface area contributed by atoms with Crippen molar-refractivity contribution in [1.29, 1.82) is 0 Å². The quantitative estimate of drug-likeness (QED) is 0.793. The number of nitrogens with two attached hydrogens (primary N) is 1. The molecule has 0 amide bonds. The van der Waals surface area contributed by atoms with E-state index < -0.39 is 0 Å². The SMILES string of the molecule is COc1cccc(-c2csc(-c3cccc(CN)c3)n2)c1. The molecule has 3 aromatic rings. The molecule has 0 unspecified atom stereocenters. The number of hydrogen-bond acceptors (Lipinski definition) is 4. The molecule has 3 rings (SSSR count). The lowest BCUT2D eigenvalue weighted by molar-refractivity contribution is 0.415. The van der Waals surface area contributed by atoms with E-state index in [-0.39, 0.29) is 0 Å². The highest BCUT2D eigenvalue weighted by atomic mass is 32.1. The Morgan fingerprint density at radius 3 is 2.71 bits per heavy atom. The molecular weight excluding hydrogens is 280 g/mol. The van der Waals surface area contributed by atoms with Crippen LogP contribution in [0.15, 0.2) is 53.9 Å². The number of aromatic nitrogens is 1. The van der Waals surface area contributed by atoms with Gasteiger partial charge in [0.15, 0.2) is 0 Å². The van der Waals surface area contributed by atoms with Crippen molar-refractivity contribution in [2.24, 2.45) is 5.73 Å². The van der Waals surface area contributed by atoms with E-state index in [1.54, 1.807) is 18.4 Å². The maximum Gasteiger partial charge on any atom is 0.124 e. The molecule has 0 spiro atoms. The van der Waals surface area contributed by atoms with E-state index in [4.69, 9.17) is 15.5 Å². The van der Waals surface area contributed by atoms with Gasteiger partial charge in [0.2, 0.25) is 0 Å². The van der Waals surface area contributed by atoms with Gasteiger partial charge in [-0.2, -0.15) is 0 Å². The van der Waals surface area contributed by atoms with Gasteiger partial charge in [-0.05, 0) is 23.8 Å². The molecule has 106 valence electrons. The summed E-state index contributed by atoms with van der Waals surface area (Å²) in [7, 11) is 1.67. The van der Waals surface area contributed by atoms with Gasteiger partial charge in [-0.25, -0.2) is 4.98 Å². The normalized spacial score (nSPS) is 10.6. The van der Waals surface area contributed by atoms with Crippen LogP contribution in [0.5, 0.6) is 5.75 Å². The molecule has 0 aliphatic rings. The third kappa shape index (κ3) is 2.96. The topological polar surface area (TPSA) is 48.1 Å². The minimum atomic E-state index is 0.544. The number of benzene rings is 2. The summed E-state index contributed by atoms with van der Waals surface area (Å²) >= 11 is 1.64. The molecule has 0 bridgehead atoms. The van der Waals surface area contributed by atoms with Crippen LogP contribution in [0.3, 0.4) is 0 Å². The maximum absolute atomic E-state index is 5.69. The van der Waals surface area contributed by atoms with Crippen LogP contribution < -0.4 is 10.5 Å². The van der Waals surface area contributed by atoms with Gasteiger partial charge >= 0.3 is 0 Å². The summed E-state index contributed by atoms with van der Waals surface area (Å²) in [6.45, 7) is 0.544. The van der Waals surface area contributed by atoms with Gasteiger partial charge < -0.3 is 10.5 Å². The molecule has 0 saturated heterocycles. The van der Waals surface area contributed by atoms with Crippen molar-refractivity contribution in [3.8, 4) is 27.6 Å². The van der Waals surface area contributed by atoms with E-state index in [1.165, 1.54) is 0 Å². The van der Waals surface area contributed by atoms with E-state index in [0.29, 0.717) is 6.54 Å². The zero-order chi connectivity index (χ0) is 14.7. The van der Waals surface area contributed by atoms with Gasteiger partial charge in [0.25, 0.3) is 0 Å². The number of methoxy groups -OCH3 is 1. The van der Waals surface area contributed by atoms with Crippen LogP contribution in [0.4, 0.5) is 0 Å². The number of nitrogens with zero attached hydrogens (tertiary/aromatic N) is 1. The van der Waals surface area contributed by atoms with Crippen molar-refractivity contribution in [1.82, 2.24) is 4.98 Å². The van der Waals surface area contributed by atoms with Crippen molar-refractivity contribution in [3.05, 3.63) is 59.5 Å². The van der Waals surface area contributed by atoms with Crippen molar-refractivity contribution in [2.45, 2.75) is 6.54 Å². The zero-order valence-electron chi connectivity index (χ0n) is 11.7. The van der Waals surface area contributed by atoms with E-state index >= 15 is 0 Å². The highest BCUT2D eigenvalue weighted by Crippen LogP contribution is 2.30. The van der Waals surface area contributed by atoms with Crippen molar-refractivity contribution >= 4 is 11.3 Å². The summed E-state index contributed by atoms with van der Waals surface area (Å²) in [5.41, 5.74) is 9.95. The lowest BCUT2D eigenvalue weighted by atomic mass is 10.1. The van der Waals surface area contributed by atoms with Crippen molar-refractivity contribution in [2.75, 3.05) is 7.11 Å². The predicted molar refractivity (Wildman–Crippen MR) is 87.4 cm³/mol. The molecule has 1 aromatic heterocycles. The van der Waals surface area contributed by atoms with E-state index in [9.17, 15) is 0 Å². The molecule has 1 heterocycles. The Labute approximate surface area is 128 Å². The second-order valence-electron chi connectivity index (χ2n) is 4.67. The highest BCUT2D eigenvalue weighted by Gasteiger charge is 2.07. The molecule has 0 radical (unpaired) electrons. The monoisotopic (exact) mass is 296 g/mol. The standard InChI is InChI=1S/C17H16N2OS/c1-20-15-7-3-5-13(9-15)16-11-21-17(19-16)14-6-2-4-12(8-14)10-18/h2-9,11H,10,18H2,1H3. The van der Waals surface area contributed by atoms with E-state index in [2.05, 4.69) is 17.5 Å². The lowest BCUT2D eigenvalue weighted by Gasteiger charge is -2.02. The number of thiazole rings is 1. The lowest BCUT2D eigenvalue weighted by Crippen LogP contribution is -1.95. The van der Waals surface area contributed by atoms with Gasteiger partial charge in [0, 0.05) is 23.1 Å². The first-order chi connectivity index (χ1) is 10.3. The minimum absolute atomic E-state index is 0.544. The first-order valence-electron chi connectivity index (χ1n) is 6.69. The Morgan fingerprint density at radius 1 is 1.10 bits per heavy atom. The third-order valence-corrected chi connectivity index (χ3v) is 4.17. The van der Waals surface area contributed by atoms with Crippen LogP contribution in [0.2, 0.25) is 0 Å². The first kappa shape index (κ1) is 13.8. The molecule has 2 aromatic carbocycles. The van der Waals surface area contributed by atoms with Crippen LogP contribution in [-0.4, -0.2) is 12.1 Å². The Hall–Kier alpha value is -2.17. The predicted octanol–water partition coefficient (Wildman–Crippen LogP) is 3.94. The van der Waals surface area contributed by atoms with Crippen LogP contribution in [-0.2, 0) is 6.54 Å². The minimum Gasteiger partial charge on any atom is -0.497 e. The summed E-state index contributed by atoms with van der Waals surface area (Å²) in [5.74, 6) is 0.840. The maximum atomic E-state index is 5.69. The second kappa shape index (κ2) is 6.08. The molecule has 0 aliphatic carbocycles. The van der Waals surface area contributed by atoms with Crippen LogP contribution >= 0.6 is 11.3 Å². The van der Waals surface area contributed by atoms with Gasteiger partial charge in [-0.3, -0.25) is 0 Å². The Bertz CT molecular complexity index is 690. The number of hydrogen-bond donors (Lipinski definition) is 1. The van der Waals surface area contributed by atoms with Crippen molar-refractivity contribution in [3.63, 3.8) is 0 Å². The van der Waals surface area contributed by atoms with Gasteiger partial charge in [0.05, 0.1) is 12.8 Å². The molecule has 0 saturated carbocycles. The molecule has 0 aliphatic heterocycles. The zero-order valence-corrected chi connectivity index (χ0v) is 12.6. The van der Waals surface area contributed by atoms with Crippen LogP contribution in [0.1, 0.15) is 5.56 Å². The molecule has 21 heavy (non-hydrogen) atoms. The molecule has 3 nitrogen and oxygen atoms in total. The summed E-state index contributed by atoms with van der Waals surface area (Å²) in [6, 6.07) is 16.1. The average molecular weight is 296 g/mol. The summed E-state index contributed by atoms with van der Waals surface area (Å²) in [6.07, 6.45) is 0. The van der Waals surface area contributed by atoms with Gasteiger partial charge in [-0.15, -0.1) is 11.3 Å². The number of rotatable bonds is 4. The van der Waals surface area contributed by atoms with E-state index in [0.717, 1.165) is 33.1 Å². The molecule has 0 fully saturated rings. The Kier molecular flexibility index (Phi) is 3.99. The van der Waals surface area contributed by atoms with Crippen LogP contribution in [0, 0.1) is 0 Å². The first-order valence-corrected chi connectivity index (χ1v) is 7.57. The second-order valence-corrected chi connectivity index (χ2v) is 5.53. The largest absolute Gasteiger partial charge is 0.497 e. The Balaban J connectivity index is 1.95. The smallest absolute Gasteiger partial charge is 0.124 e. The highest BCUT2D eigenvalue weighted by molar-refractivity contribution is 7.13. The summed E-state index contributed by atoms with van der Waals surface area (Å²) in [4.78, 5) is 4.72. The molecule has 2 N–H and O–H groups in total. The fraction of sp³-hybridized carbons (Fsp3) is 0.118. The Morgan fingerprint density at radius 2 is 1.90 bits per heavy atom. The molecule has 0 atom stereocenters. The summed E-state index contributed by atoms with van der Waals surface area (Å²) in [5, 5.41) is 3.07. The fourth-order valence-electron chi connectivity index (χ4n) is 2.15. The third-order valence-electron chi connectivity index (χ3n) is 3.28. The van der Waals surface area contributed by atoms with Crippen molar-refractivity contribution < 1.29 is 4.74 Å². The average Bonchev–Trinajstić information content (AvgIpc) is 3.05. The number of ether oxygens (including phenoxy) is 1. The van der Waals surface area contributed by atoms with Crippen LogP contribution in [0.25, 0.3) is 21.8 Å². The van der Waals surface area contributed by atoms with E-state index in [1.807, 2.05) is 36.4 Å². The fourth-order valence-corrected chi connectivity index (χ4v) is 2.98. The molecule has 4 heteroatoms. The summed E-state index contributed by atoms with van der Waals surface area (Å²) < 4.78 is 5.26.